The molecule has 0 spiro atoms. The van der Waals surface area contributed by atoms with Gasteiger partial charge in [0.2, 0.25) is 0 Å². The van der Waals surface area contributed by atoms with E-state index in [2.05, 4.69) is 17.4 Å². The lowest BCUT2D eigenvalue weighted by molar-refractivity contribution is 0.322. The second-order valence-corrected chi connectivity index (χ2v) is 5.03. The Labute approximate surface area is 102 Å². The highest BCUT2D eigenvalue weighted by molar-refractivity contribution is 6.31. The van der Waals surface area contributed by atoms with E-state index < -0.39 is 0 Å². The van der Waals surface area contributed by atoms with Gasteiger partial charge in [0, 0.05) is 11.1 Å². The maximum atomic E-state index is 6.30. The van der Waals surface area contributed by atoms with Crippen LogP contribution in [-0.2, 0) is 0 Å². The average Bonchev–Trinajstić information content (AvgIpc) is 2.33. The number of rotatable bonds is 2. The van der Waals surface area contributed by atoms with E-state index in [0.717, 1.165) is 36.5 Å². The molecule has 2 rings (SSSR count). The predicted octanol–water partition coefficient (Wildman–Crippen LogP) is 2.65. The zero-order valence-corrected chi connectivity index (χ0v) is 10.4. The van der Waals surface area contributed by atoms with E-state index in [-0.39, 0.29) is 6.04 Å². The molecule has 0 unspecified atom stereocenters. The fraction of sp³-hybridized carbons (Fsp3) is 0.538. The van der Waals surface area contributed by atoms with Gasteiger partial charge in [0.1, 0.15) is 0 Å². The van der Waals surface area contributed by atoms with Gasteiger partial charge in [0.15, 0.2) is 0 Å². The molecule has 0 aliphatic carbocycles. The quantitative estimate of drug-likeness (QED) is 0.832. The summed E-state index contributed by atoms with van der Waals surface area (Å²) < 4.78 is 0. The van der Waals surface area contributed by atoms with Crippen molar-refractivity contribution in [1.29, 1.82) is 0 Å². The molecule has 0 saturated carbocycles. The van der Waals surface area contributed by atoms with Crippen molar-refractivity contribution in [3.05, 3.63) is 34.3 Å². The Bertz CT molecular complexity index is 359. The van der Waals surface area contributed by atoms with Crippen LogP contribution >= 0.6 is 11.6 Å². The maximum absolute atomic E-state index is 6.30. The van der Waals surface area contributed by atoms with Crippen LogP contribution in [0.1, 0.15) is 30.0 Å². The van der Waals surface area contributed by atoms with Gasteiger partial charge in [-0.25, -0.2) is 0 Å². The largest absolute Gasteiger partial charge is 0.324 e. The van der Waals surface area contributed by atoms with Crippen molar-refractivity contribution >= 4 is 11.6 Å². The Morgan fingerprint density at radius 2 is 2.06 bits per heavy atom. The van der Waals surface area contributed by atoms with Crippen LogP contribution in [-0.4, -0.2) is 13.1 Å². The zero-order chi connectivity index (χ0) is 11.5. The third-order valence-corrected chi connectivity index (χ3v) is 3.88. The molecule has 16 heavy (non-hydrogen) atoms. The van der Waals surface area contributed by atoms with Gasteiger partial charge in [-0.2, -0.15) is 0 Å². The standard InChI is InChI=1S/C13H19ClN2/c1-9-2-3-11(8-12(9)14)13(15)10-4-6-16-7-5-10/h2-3,8,10,13,16H,4-7,15H2,1H3/t13-/m1/s1. The van der Waals surface area contributed by atoms with Crippen LogP contribution in [0.5, 0.6) is 0 Å². The Hall–Kier alpha value is -0.570. The van der Waals surface area contributed by atoms with Gasteiger partial charge in [-0.15, -0.1) is 0 Å². The van der Waals surface area contributed by atoms with E-state index >= 15 is 0 Å². The first-order chi connectivity index (χ1) is 7.68. The molecular weight excluding hydrogens is 220 g/mol. The van der Waals surface area contributed by atoms with Crippen LogP contribution in [0, 0.1) is 12.8 Å². The number of piperidine rings is 1. The monoisotopic (exact) mass is 238 g/mol. The molecule has 2 nitrogen and oxygen atoms in total. The highest BCUT2D eigenvalue weighted by Crippen LogP contribution is 2.29. The molecule has 0 radical (unpaired) electrons. The summed E-state index contributed by atoms with van der Waals surface area (Å²) >= 11 is 6.13. The summed E-state index contributed by atoms with van der Waals surface area (Å²) in [5.74, 6) is 0.583. The highest BCUT2D eigenvalue weighted by atomic mass is 35.5. The molecule has 1 atom stereocenters. The zero-order valence-electron chi connectivity index (χ0n) is 9.67. The van der Waals surface area contributed by atoms with Crippen molar-refractivity contribution in [2.75, 3.05) is 13.1 Å². The topological polar surface area (TPSA) is 38.0 Å². The number of hydrogen-bond donors (Lipinski definition) is 2. The Morgan fingerprint density at radius 1 is 1.38 bits per heavy atom. The van der Waals surface area contributed by atoms with E-state index in [1.165, 1.54) is 5.56 Å². The van der Waals surface area contributed by atoms with E-state index in [9.17, 15) is 0 Å². The minimum Gasteiger partial charge on any atom is -0.324 e. The summed E-state index contributed by atoms with van der Waals surface area (Å²) in [4.78, 5) is 0. The van der Waals surface area contributed by atoms with E-state index in [0.29, 0.717) is 5.92 Å². The lowest BCUT2D eigenvalue weighted by atomic mass is 9.86. The third kappa shape index (κ3) is 2.57. The Kier molecular flexibility index (Phi) is 3.85. The molecule has 1 saturated heterocycles. The smallest absolute Gasteiger partial charge is 0.0438 e. The number of nitrogens with one attached hydrogen (secondary N) is 1. The van der Waals surface area contributed by atoms with Crippen molar-refractivity contribution in [2.24, 2.45) is 11.7 Å². The molecule has 1 aliphatic rings. The molecule has 1 heterocycles. The lowest BCUT2D eigenvalue weighted by Crippen LogP contribution is -2.33. The molecule has 3 N–H and O–H groups in total. The van der Waals surface area contributed by atoms with E-state index in [1.807, 2.05) is 13.0 Å². The van der Waals surface area contributed by atoms with Gasteiger partial charge in [0.05, 0.1) is 0 Å². The summed E-state index contributed by atoms with van der Waals surface area (Å²) in [5, 5.41) is 4.18. The minimum atomic E-state index is 0.125. The van der Waals surface area contributed by atoms with Crippen LogP contribution in [0.2, 0.25) is 5.02 Å². The summed E-state index contributed by atoms with van der Waals surface area (Å²) in [6, 6.07) is 6.30. The van der Waals surface area contributed by atoms with Crippen LogP contribution in [0.15, 0.2) is 18.2 Å². The Balaban J connectivity index is 2.12. The molecular formula is C13H19ClN2. The number of nitrogens with two attached hydrogens (primary N) is 1. The SMILES string of the molecule is Cc1ccc([C@H](N)C2CCNCC2)cc1Cl. The number of hydrogen-bond acceptors (Lipinski definition) is 2. The number of halogens is 1. The van der Waals surface area contributed by atoms with Crippen molar-refractivity contribution < 1.29 is 0 Å². The summed E-state index contributed by atoms with van der Waals surface area (Å²) in [6.45, 7) is 4.18. The lowest BCUT2D eigenvalue weighted by Gasteiger charge is -2.28. The van der Waals surface area contributed by atoms with E-state index in [1.54, 1.807) is 0 Å². The van der Waals surface area contributed by atoms with Crippen LogP contribution in [0.4, 0.5) is 0 Å². The molecule has 0 amide bonds. The number of aryl methyl sites for hydroxylation is 1. The average molecular weight is 239 g/mol. The van der Waals surface area contributed by atoms with Gasteiger partial charge in [0.25, 0.3) is 0 Å². The van der Waals surface area contributed by atoms with Crippen molar-refractivity contribution in [2.45, 2.75) is 25.8 Å². The number of benzene rings is 1. The van der Waals surface area contributed by atoms with Gasteiger partial charge < -0.3 is 11.1 Å². The first kappa shape index (κ1) is 11.9. The summed E-state index contributed by atoms with van der Waals surface area (Å²) in [6.07, 6.45) is 2.32. The molecule has 1 aromatic carbocycles. The first-order valence-electron chi connectivity index (χ1n) is 5.91. The van der Waals surface area contributed by atoms with Crippen LogP contribution < -0.4 is 11.1 Å². The molecule has 1 aliphatic heterocycles. The molecule has 3 heteroatoms. The second-order valence-electron chi connectivity index (χ2n) is 4.62. The highest BCUT2D eigenvalue weighted by Gasteiger charge is 2.21. The van der Waals surface area contributed by atoms with Crippen molar-refractivity contribution in [1.82, 2.24) is 5.32 Å². The van der Waals surface area contributed by atoms with Crippen LogP contribution in [0.3, 0.4) is 0 Å². The van der Waals surface area contributed by atoms with Crippen molar-refractivity contribution in [3.8, 4) is 0 Å². The molecule has 0 bridgehead atoms. The maximum Gasteiger partial charge on any atom is 0.0438 e. The van der Waals surface area contributed by atoms with Gasteiger partial charge in [-0.1, -0.05) is 23.7 Å². The summed E-state index contributed by atoms with van der Waals surface area (Å²) in [7, 11) is 0. The fourth-order valence-corrected chi connectivity index (χ4v) is 2.48. The van der Waals surface area contributed by atoms with Gasteiger partial charge in [-0.3, -0.25) is 0 Å². The molecule has 0 aromatic heterocycles. The Morgan fingerprint density at radius 3 is 2.69 bits per heavy atom. The van der Waals surface area contributed by atoms with Gasteiger partial charge >= 0.3 is 0 Å². The minimum absolute atomic E-state index is 0.125. The fourth-order valence-electron chi connectivity index (χ4n) is 2.29. The molecule has 1 fully saturated rings. The third-order valence-electron chi connectivity index (χ3n) is 3.47. The first-order valence-corrected chi connectivity index (χ1v) is 6.28. The van der Waals surface area contributed by atoms with E-state index in [4.69, 9.17) is 17.3 Å². The van der Waals surface area contributed by atoms with Crippen molar-refractivity contribution in [3.63, 3.8) is 0 Å². The predicted molar refractivity (Wildman–Crippen MR) is 68.7 cm³/mol. The van der Waals surface area contributed by atoms with Crippen LogP contribution in [0.25, 0.3) is 0 Å². The molecule has 1 aromatic rings. The normalized spacial score (nSPS) is 19.7. The summed E-state index contributed by atoms with van der Waals surface area (Å²) in [5.41, 5.74) is 8.59. The molecule has 88 valence electrons. The second kappa shape index (κ2) is 5.17. The van der Waals surface area contributed by atoms with Gasteiger partial charge in [-0.05, 0) is 56.0 Å².